The summed E-state index contributed by atoms with van der Waals surface area (Å²) in [5, 5.41) is 0. The Morgan fingerprint density at radius 1 is 1.50 bits per heavy atom. The van der Waals surface area contributed by atoms with E-state index in [-0.39, 0.29) is 21.1 Å². The van der Waals surface area contributed by atoms with Gasteiger partial charge in [-0.15, -0.1) is 0 Å². The van der Waals surface area contributed by atoms with Crippen LogP contribution in [0.15, 0.2) is 0 Å². The molecular weight excluding hydrogens is 250 g/mol. The number of hydrogen-bond acceptors (Lipinski definition) is 1. The number of nitrogens with one attached hydrogen (secondary N) is 1. The molecule has 0 aliphatic heterocycles. The van der Waals surface area contributed by atoms with Crippen LogP contribution in [0.1, 0.15) is 6.92 Å². The van der Waals surface area contributed by atoms with E-state index < -0.39 is 0 Å². The van der Waals surface area contributed by atoms with Crippen LogP contribution < -0.4 is 0 Å². The van der Waals surface area contributed by atoms with E-state index in [0.29, 0.717) is 0 Å². The van der Waals surface area contributed by atoms with E-state index in [0.717, 1.165) is 0 Å². The molecule has 0 aromatic heterocycles. The summed E-state index contributed by atoms with van der Waals surface area (Å²) >= 11 is 0. The van der Waals surface area contributed by atoms with Crippen LogP contribution in [0, 0.1) is 0 Å². The van der Waals surface area contributed by atoms with Gasteiger partial charge in [0.2, 0.25) is 0 Å². The second kappa shape index (κ2) is 57.1. The normalized spacial score (nSPS) is 3.17. The third-order valence-electron chi connectivity index (χ3n) is 0. The van der Waals surface area contributed by atoms with Crippen molar-refractivity contribution in [1.82, 2.24) is 0 Å². The van der Waals surface area contributed by atoms with Crippen molar-refractivity contribution in [3.63, 3.8) is 0 Å². The Hall–Kier alpha value is 0.318. The van der Waals surface area contributed by atoms with Crippen LogP contribution in [0.5, 0.6) is 0 Å². The van der Waals surface area contributed by atoms with Gasteiger partial charge in [-0.1, -0.05) is 0 Å². The first-order chi connectivity index (χ1) is 2.41. The van der Waals surface area contributed by atoms with Crippen LogP contribution in [0.25, 0.3) is 5.73 Å². The molecule has 0 unspecified atom stereocenters. The Kier molecular flexibility index (Phi) is 154. The molecule has 0 radical (unpaired) electrons. The van der Waals surface area contributed by atoms with E-state index in [1.165, 1.54) is 20.3 Å². The smallest absolute Gasteiger partial charge is 0.680 e. The minimum absolute atomic E-state index is 0. The Labute approximate surface area is 52.4 Å². The molecule has 0 bridgehead atoms. The average molecular weight is 257 g/mol. The molecule has 6 heavy (non-hydrogen) atoms. The van der Waals surface area contributed by atoms with Gasteiger partial charge in [-0.25, -0.2) is 0 Å². The van der Waals surface area contributed by atoms with Crippen molar-refractivity contribution in [3.05, 3.63) is 5.73 Å². The molecule has 0 spiro atoms. The van der Waals surface area contributed by atoms with Crippen molar-refractivity contribution >= 4 is 6.29 Å². The third-order valence-corrected chi connectivity index (χ3v) is 0. The van der Waals surface area contributed by atoms with Gasteiger partial charge in [-0.2, -0.15) is 14.0 Å². The van der Waals surface area contributed by atoms with E-state index in [9.17, 15) is 0 Å². The van der Waals surface area contributed by atoms with Crippen molar-refractivity contribution in [3.8, 4) is 0 Å². The monoisotopic (exact) mass is 257 g/mol. The predicted molar refractivity (Wildman–Crippen MR) is 21.6 cm³/mol. The summed E-state index contributed by atoms with van der Waals surface area (Å²) in [4.78, 5) is 8.68. The van der Waals surface area contributed by atoms with Gasteiger partial charge in [0.05, 0.1) is 0 Å². The van der Waals surface area contributed by atoms with Crippen molar-refractivity contribution in [2.75, 3.05) is 7.05 Å². The molecule has 36 valence electrons. The van der Waals surface area contributed by atoms with Crippen molar-refractivity contribution in [2.45, 2.75) is 6.92 Å². The second-order valence-electron chi connectivity index (χ2n) is 0.204. The third kappa shape index (κ3) is 469. The molecule has 0 amide bonds. The molecule has 1 N–H and O–H groups in total. The molecule has 3 heteroatoms. The first-order valence-electron chi connectivity index (χ1n) is 1.20. The van der Waals surface area contributed by atoms with Crippen LogP contribution in [-0.2, 0) is 25.9 Å². The Morgan fingerprint density at radius 3 is 1.50 bits per heavy atom. The number of rotatable bonds is 0. The fourth-order valence-corrected chi connectivity index (χ4v) is 0. The maximum absolute atomic E-state index is 8.68. The Balaban J connectivity index is -0.0000000275. The Morgan fingerprint density at radius 2 is 1.50 bits per heavy atom. The Bertz CT molecular complexity index is 18.3. The molecule has 0 atom stereocenters. The summed E-state index contributed by atoms with van der Waals surface area (Å²) in [7, 11) is 1.25. The zero-order valence-electron chi connectivity index (χ0n) is 3.82. The average Bonchev–Trinajstić information content (AvgIpc) is 1.46. The summed E-state index contributed by atoms with van der Waals surface area (Å²) in [6.45, 7) is 1.32. The minimum Gasteiger partial charge on any atom is -0.680 e. The SMILES string of the molecule is C[C-]=O.C[NH-].[W+2]. The van der Waals surface area contributed by atoms with Gasteiger partial charge >= 0.3 is 21.1 Å². The summed E-state index contributed by atoms with van der Waals surface area (Å²) in [5.41, 5.74) is 5.75. The topological polar surface area (TPSA) is 40.9 Å². The van der Waals surface area contributed by atoms with E-state index in [1.807, 2.05) is 0 Å². The standard InChI is InChI=1S/C2H3O.CH4N.W/c1-2-3;1-2;/h1H3;2H,1H3;/q2*-1;+2. The largest absolute Gasteiger partial charge is 2.00 e. The van der Waals surface area contributed by atoms with Crippen molar-refractivity contribution in [2.24, 2.45) is 0 Å². The van der Waals surface area contributed by atoms with Crippen LogP contribution in [-0.4, -0.2) is 13.3 Å². The quantitative estimate of drug-likeness (QED) is 0.591. The summed E-state index contributed by atoms with van der Waals surface area (Å²) in [5.74, 6) is 0. The van der Waals surface area contributed by atoms with Crippen LogP contribution in [0.3, 0.4) is 0 Å². The summed E-state index contributed by atoms with van der Waals surface area (Å²) < 4.78 is 0. The maximum Gasteiger partial charge on any atom is 2.00 e. The van der Waals surface area contributed by atoms with Gasteiger partial charge in [-0.3, -0.25) is 6.29 Å². The summed E-state index contributed by atoms with van der Waals surface area (Å²) in [6.07, 6.45) is 1.50. The van der Waals surface area contributed by atoms with Crippen LogP contribution >= 0.6 is 0 Å². The van der Waals surface area contributed by atoms with Crippen molar-refractivity contribution < 1.29 is 25.9 Å². The van der Waals surface area contributed by atoms with Gasteiger partial charge in [0.25, 0.3) is 0 Å². The fourth-order valence-electron chi connectivity index (χ4n) is 0. The van der Waals surface area contributed by atoms with E-state index in [4.69, 9.17) is 10.5 Å². The van der Waals surface area contributed by atoms with Crippen LogP contribution in [0.2, 0.25) is 0 Å². The van der Waals surface area contributed by atoms with Crippen molar-refractivity contribution in [1.29, 1.82) is 0 Å². The molecule has 2 nitrogen and oxygen atoms in total. The molecule has 0 rings (SSSR count). The molecule has 0 aromatic carbocycles. The number of carbonyl (C=O) groups excluding carboxylic acids is 1. The zero-order valence-corrected chi connectivity index (χ0v) is 6.75. The van der Waals surface area contributed by atoms with Gasteiger partial charge in [0.1, 0.15) is 0 Å². The molecule has 0 fully saturated rings. The molecule has 0 aliphatic rings. The van der Waals surface area contributed by atoms with Gasteiger partial charge in [-0.05, 0) is 0 Å². The first kappa shape index (κ1) is 16.2. The van der Waals surface area contributed by atoms with E-state index in [2.05, 4.69) is 0 Å². The van der Waals surface area contributed by atoms with Gasteiger partial charge < -0.3 is 10.5 Å². The van der Waals surface area contributed by atoms with Gasteiger partial charge in [0.15, 0.2) is 0 Å². The zero-order chi connectivity index (χ0) is 4.71. The van der Waals surface area contributed by atoms with Gasteiger partial charge in [0, 0.05) is 0 Å². The molecule has 0 heterocycles. The van der Waals surface area contributed by atoms with E-state index >= 15 is 0 Å². The first-order valence-corrected chi connectivity index (χ1v) is 1.20. The fraction of sp³-hybridized carbons (Fsp3) is 0.667. The molecule has 0 aromatic rings. The molecule has 0 aliphatic carbocycles. The maximum atomic E-state index is 8.68. The minimum atomic E-state index is 0. The molecule has 0 saturated heterocycles. The van der Waals surface area contributed by atoms with E-state index in [1.54, 1.807) is 0 Å². The molecular formula is C3H7NOW. The predicted octanol–water partition coefficient (Wildman–Crippen LogP) is 0.782. The molecule has 0 saturated carbocycles. The number of hydrogen-bond donors (Lipinski definition) is 0. The summed E-state index contributed by atoms with van der Waals surface area (Å²) in [6, 6.07) is 0. The second-order valence-corrected chi connectivity index (χ2v) is 0.204. The van der Waals surface area contributed by atoms with Crippen LogP contribution in [0.4, 0.5) is 0 Å².